The van der Waals surface area contributed by atoms with Crippen LogP contribution in [0.2, 0.25) is 0 Å². The van der Waals surface area contributed by atoms with Crippen molar-refractivity contribution in [1.29, 1.82) is 0 Å². The summed E-state index contributed by atoms with van der Waals surface area (Å²) in [6, 6.07) is 33.4. The summed E-state index contributed by atoms with van der Waals surface area (Å²) >= 11 is 0. The smallest absolute Gasteiger partial charge is 0.112 e. The Hall–Kier alpha value is 1.61. The van der Waals surface area contributed by atoms with Crippen LogP contribution < -0.4 is 39.9 Å². The van der Waals surface area contributed by atoms with Gasteiger partial charge in [0.2, 0.25) is 0 Å². The molecule has 0 saturated carbocycles. The average Bonchev–Trinajstić information content (AvgIpc) is 2.82. The topological polar surface area (TPSA) is 0 Å². The molecule has 0 aliphatic carbocycles. The van der Waals surface area contributed by atoms with Gasteiger partial charge in [-0.25, -0.2) is 0 Å². The van der Waals surface area contributed by atoms with Gasteiger partial charge in [-0.05, 0) is 42.8 Å². The number of benzene rings is 3. The van der Waals surface area contributed by atoms with Gasteiger partial charge in [0.15, 0.2) is 0 Å². The van der Waals surface area contributed by atoms with Crippen LogP contribution in [0.4, 0.5) is 0 Å². The number of allylic oxidation sites excluding steroid dienone is 4. The van der Waals surface area contributed by atoms with Crippen LogP contribution >= 0.6 is 7.26 Å². The molecule has 0 heterocycles. The number of hydrogen-bond donors (Lipinski definition) is 0. The summed E-state index contributed by atoms with van der Waals surface area (Å²) in [6.45, 7) is 2.12. The summed E-state index contributed by atoms with van der Waals surface area (Å²) in [5.74, 6) is 0. The van der Waals surface area contributed by atoms with Gasteiger partial charge in [-0.3, -0.25) is 12.2 Å². The van der Waals surface area contributed by atoms with Crippen molar-refractivity contribution in [1.82, 2.24) is 0 Å². The first-order chi connectivity index (χ1) is 14.9. The first-order valence-electron chi connectivity index (χ1n) is 11.0. The number of rotatable bonds is 11. The van der Waals surface area contributed by atoms with Crippen LogP contribution in [0, 0.1) is 12.2 Å². The van der Waals surface area contributed by atoms with Crippen LogP contribution in [-0.2, 0) is 98.1 Å². The maximum absolute atomic E-state index is 3.47. The maximum atomic E-state index is 3.47. The van der Waals surface area contributed by atoms with Crippen molar-refractivity contribution in [3.63, 3.8) is 0 Å². The second-order valence-corrected chi connectivity index (χ2v) is 11.0. The largest absolute Gasteiger partial charge is 1.00 e. The maximum Gasteiger partial charge on any atom is 0.112 e. The van der Waals surface area contributed by atoms with E-state index in [1.165, 1.54) is 22.1 Å². The number of halogens is 1. The van der Waals surface area contributed by atoms with Crippen LogP contribution in [0.15, 0.2) is 103 Å². The minimum atomic E-state index is -1.69. The third kappa shape index (κ3) is 11.6. The van der Waals surface area contributed by atoms with Crippen LogP contribution in [0.1, 0.15) is 39.0 Å². The van der Waals surface area contributed by atoms with E-state index in [4.69, 9.17) is 0 Å². The van der Waals surface area contributed by atoms with Gasteiger partial charge in [0.05, 0.1) is 6.16 Å². The van der Waals surface area contributed by atoms with Gasteiger partial charge < -0.3 is 36.1 Å². The zero-order valence-electron chi connectivity index (χ0n) is 20.1. The predicted molar refractivity (Wildman–Crippen MR) is 134 cm³/mol. The van der Waals surface area contributed by atoms with Gasteiger partial charge in [0, 0.05) is 98.1 Å². The first kappa shape index (κ1) is 37.8. The SMILES string of the molecule is CC[C-]=CCC[C-]=CCCC[P+](c1ccccc1)(c1ccccc1)c1ccccc1.[I-].[Y].[Y].[Y]. The summed E-state index contributed by atoms with van der Waals surface area (Å²) in [5.41, 5.74) is 0. The second kappa shape index (κ2) is 22.6. The molecule has 5 heteroatoms. The van der Waals surface area contributed by atoms with E-state index in [0.29, 0.717) is 0 Å². The monoisotopic (exact) mass is 805 g/mol. The average molecular weight is 805 g/mol. The molecule has 171 valence electrons. The Morgan fingerprint density at radius 1 is 0.618 bits per heavy atom. The molecule has 0 aliphatic heterocycles. The zero-order valence-corrected chi connectivity index (χ0v) is 31.7. The normalized spacial score (nSPS) is 10.6. The third-order valence-corrected chi connectivity index (χ3v) is 9.88. The molecule has 3 aromatic carbocycles. The van der Waals surface area contributed by atoms with E-state index >= 15 is 0 Å². The van der Waals surface area contributed by atoms with Crippen molar-refractivity contribution in [3.05, 3.63) is 115 Å². The molecule has 0 aliphatic rings. The molecule has 34 heavy (non-hydrogen) atoms. The number of unbranched alkanes of at least 4 members (excludes halogenated alkanes) is 2. The third-order valence-electron chi connectivity index (χ3n) is 5.36. The van der Waals surface area contributed by atoms with Crippen molar-refractivity contribution >= 4 is 23.2 Å². The fraction of sp³-hybridized carbons (Fsp3) is 0.241. The quantitative estimate of drug-likeness (QED) is 0.120. The molecule has 0 spiro atoms. The second-order valence-electron chi connectivity index (χ2n) is 7.39. The first-order valence-corrected chi connectivity index (χ1v) is 13.0. The fourth-order valence-corrected chi connectivity index (χ4v) is 8.29. The minimum absolute atomic E-state index is 0. The fourth-order valence-electron chi connectivity index (χ4n) is 3.92. The zero-order chi connectivity index (χ0) is 20.9. The Morgan fingerprint density at radius 2 is 1.03 bits per heavy atom. The molecule has 0 nitrogen and oxygen atoms in total. The van der Waals surface area contributed by atoms with Crippen LogP contribution in [0.3, 0.4) is 0 Å². The van der Waals surface area contributed by atoms with Gasteiger partial charge in [0.25, 0.3) is 0 Å². The van der Waals surface area contributed by atoms with Crippen molar-refractivity contribution < 1.29 is 122 Å². The molecular weight excluding hydrogens is 773 g/mol. The van der Waals surface area contributed by atoms with E-state index in [9.17, 15) is 0 Å². The standard InChI is InChI=1S/C29H32P.HI.3Y/c1-2-3-4-5-6-7-8-9-19-26-30(27-20-13-10-14-21-27,28-22-15-11-16-23-28)29-24-17-12-18-25-29;;;;/h4,8,10-18,20-25H,2,5-6,9,19,26H2,1H3;1H;;;/q-1;;;;/p-1. The molecule has 3 rings (SSSR count). The van der Waals surface area contributed by atoms with Gasteiger partial charge in [0.1, 0.15) is 23.2 Å². The van der Waals surface area contributed by atoms with Gasteiger partial charge >= 0.3 is 0 Å². The molecule has 0 unspecified atom stereocenters. The molecular formula is C29H32IPY3-2. The van der Waals surface area contributed by atoms with E-state index in [1.807, 2.05) is 0 Å². The molecule has 3 radical (unpaired) electrons. The van der Waals surface area contributed by atoms with Crippen LogP contribution in [0.25, 0.3) is 0 Å². The van der Waals surface area contributed by atoms with Gasteiger partial charge in [-0.1, -0.05) is 74.4 Å². The summed E-state index contributed by atoms with van der Waals surface area (Å²) in [4.78, 5) is 0. The van der Waals surface area contributed by atoms with Gasteiger partial charge in [-0.15, -0.1) is 0 Å². The number of hydrogen-bond acceptors (Lipinski definition) is 0. The van der Waals surface area contributed by atoms with E-state index in [-0.39, 0.29) is 122 Å². The molecule has 3 aromatic rings. The summed E-state index contributed by atoms with van der Waals surface area (Å²) < 4.78 is 0. The van der Waals surface area contributed by atoms with Crippen molar-refractivity contribution in [3.8, 4) is 0 Å². The Bertz CT molecular complexity index is 819. The molecule has 0 saturated heterocycles. The Morgan fingerprint density at radius 3 is 1.44 bits per heavy atom. The molecule has 0 aromatic heterocycles. The Kier molecular flexibility index (Phi) is 25.1. The summed E-state index contributed by atoms with van der Waals surface area (Å²) in [5, 5.41) is 4.40. The van der Waals surface area contributed by atoms with Crippen molar-refractivity contribution in [2.75, 3.05) is 6.16 Å². The molecule has 0 amide bonds. The Balaban J connectivity index is 0. The van der Waals surface area contributed by atoms with Crippen LogP contribution in [-0.4, -0.2) is 6.16 Å². The predicted octanol–water partition coefficient (Wildman–Crippen LogP) is 3.67. The van der Waals surface area contributed by atoms with E-state index in [0.717, 1.165) is 32.1 Å². The Labute approximate surface area is 301 Å². The molecule has 0 atom stereocenters. The molecule has 0 bridgehead atoms. The summed E-state index contributed by atoms with van der Waals surface area (Å²) in [6.07, 6.45) is 17.5. The van der Waals surface area contributed by atoms with Gasteiger partial charge in [-0.2, -0.15) is 12.8 Å². The van der Waals surface area contributed by atoms with E-state index in [2.05, 4.69) is 122 Å². The minimum Gasteiger partial charge on any atom is -1.00 e. The van der Waals surface area contributed by atoms with E-state index in [1.54, 1.807) is 0 Å². The van der Waals surface area contributed by atoms with Crippen molar-refractivity contribution in [2.45, 2.75) is 39.0 Å². The van der Waals surface area contributed by atoms with Crippen LogP contribution in [0.5, 0.6) is 0 Å². The summed E-state index contributed by atoms with van der Waals surface area (Å²) in [7, 11) is -1.69. The molecule has 0 N–H and O–H groups in total. The molecule has 0 fully saturated rings. The van der Waals surface area contributed by atoms with Crippen molar-refractivity contribution in [2.24, 2.45) is 0 Å². The van der Waals surface area contributed by atoms with E-state index < -0.39 is 7.26 Å².